The van der Waals surface area contributed by atoms with Crippen molar-refractivity contribution in [2.75, 3.05) is 13.1 Å². The van der Waals surface area contributed by atoms with Crippen LogP contribution in [0.1, 0.15) is 18.3 Å². The number of aryl methyl sites for hydroxylation is 2. The second-order valence-electron chi connectivity index (χ2n) is 4.23. The van der Waals surface area contributed by atoms with Gasteiger partial charge in [-0.15, -0.1) is 5.10 Å². The Balaban J connectivity index is 1.92. The molecule has 2 aromatic heterocycles. The summed E-state index contributed by atoms with van der Waals surface area (Å²) in [6.45, 7) is 6.70. The molecular weight excluding hydrogens is 262 g/mol. The molecule has 0 saturated carbocycles. The van der Waals surface area contributed by atoms with Gasteiger partial charge in [0.1, 0.15) is 0 Å². The molecule has 0 aromatic carbocycles. The molecule has 0 fully saturated rings. The largest absolute Gasteiger partial charge is 0.315 e. The first-order valence-corrected chi connectivity index (χ1v) is 7.28. The van der Waals surface area contributed by atoms with Gasteiger partial charge in [-0.2, -0.15) is 5.10 Å². The maximum atomic E-state index is 4.33. The first-order chi connectivity index (χ1) is 9.20. The number of aromatic nitrogens is 6. The van der Waals surface area contributed by atoms with E-state index < -0.39 is 0 Å². The Kier molecular flexibility index (Phi) is 4.92. The molecule has 0 aliphatic carbocycles. The predicted octanol–water partition coefficient (Wildman–Crippen LogP) is 0.617. The molecular formula is C11H19N7S. The van der Waals surface area contributed by atoms with E-state index in [1.54, 1.807) is 11.8 Å². The highest BCUT2D eigenvalue weighted by Gasteiger charge is 2.09. The van der Waals surface area contributed by atoms with Gasteiger partial charge >= 0.3 is 0 Å². The van der Waals surface area contributed by atoms with Gasteiger partial charge in [-0.05, 0) is 30.0 Å². The standard InChI is InChI=1S/C11H19N7S/c1-4-12-5-6-18-11(13-15-16-18)19-8-10-7-9(2)14-17(10)3/h7,12H,4-6,8H2,1-3H3. The minimum absolute atomic E-state index is 0.785. The Hall–Kier alpha value is -1.41. The van der Waals surface area contributed by atoms with Gasteiger partial charge in [0.05, 0.1) is 12.2 Å². The molecule has 104 valence electrons. The van der Waals surface area contributed by atoms with Crippen molar-refractivity contribution in [3.8, 4) is 0 Å². The van der Waals surface area contributed by atoms with E-state index in [-0.39, 0.29) is 0 Å². The van der Waals surface area contributed by atoms with Crippen LogP contribution in [0.4, 0.5) is 0 Å². The van der Waals surface area contributed by atoms with Gasteiger partial charge in [0.25, 0.3) is 0 Å². The van der Waals surface area contributed by atoms with E-state index in [0.29, 0.717) is 0 Å². The van der Waals surface area contributed by atoms with Crippen molar-refractivity contribution in [3.05, 3.63) is 17.5 Å². The summed E-state index contributed by atoms with van der Waals surface area (Å²) in [5, 5.41) is 20.2. The Morgan fingerprint density at radius 2 is 2.26 bits per heavy atom. The van der Waals surface area contributed by atoms with Crippen molar-refractivity contribution in [1.82, 2.24) is 35.3 Å². The van der Waals surface area contributed by atoms with E-state index in [2.05, 4.69) is 38.9 Å². The van der Waals surface area contributed by atoms with Crippen LogP contribution in [0.2, 0.25) is 0 Å². The number of thioether (sulfide) groups is 1. The number of hydrogen-bond acceptors (Lipinski definition) is 6. The van der Waals surface area contributed by atoms with Crippen LogP contribution in [0.5, 0.6) is 0 Å². The molecule has 2 heterocycles. The first-order valence-electron chi connectivity index (χ1n) is 6.30. The molecule has 2 aromatic rings. The minimum atomic E-state index is 0.785. The SMILES string of the molecule is CCNCCn1nnnc1SCc1cc(C)nn1C. The lowest BCUT2D eigenvalue weighted by atomic mass is 10.4. The third-order valence-corrected chi connectivity index (χ3v) is 3.69. The average Bonchev–Trinajstić information content (AvgIpc) is 2.94. The van der Waals surface area contributed by atoms with Crippen LogP contribution in [-0.4, -0.2) is 43.1 Å². The monoisotopic (exact) mass is 281 g/mol. The number of likely N-dealkylation sites (N-methyl/N-ethyl adjacent to an activating group) is 1. The summed E-state index contributed by atoms with van der Waals surface area (Å²) in [7, 11) is 1.96. The van der Waals surface area contributed by atoms with Crippen LogP contribution in [0.3, 0.4) is 0 Å². The van der Waals surface area contributed by atoms with E-state index in [4.69, 9.17) is 0 Å². The fourth-order valence-corrected chi connectivity index (χ4v) is 2.66. The van der Waals surface area contributed by atoms with Crippen LogP contribution in [-0.2, 0) is 19.3 Å². The van der Waals surface area contributed by atoms with Crippen molar-refractivity contribution in [3.63, 3.8) is 0 Å². The summed E-state index contributed by atoms with van der Waals surface area (Å²) in [5.74, 6) is 0.818. The number of nitrogens with one attached hydrogen (secondary N) is 1. The van der Waals surface area contributed by atoms with Crippen LogP contribution < -0.4 is 5.32 Å². The van der Waals surface area contributed by atoms with Gasteiger partial charge in [-0.25, -0.2) is 4.68 Å². The Morgan fingerprint density at radius 1 is 1.42 bits per heavy atom. The highest BCUT2D eigenvalue weighted by Crippen LogP contribution is 2.19. The zero-order chi connectivity index (χ0) is 13.7. The molecule has 2 rings (SSSR count). The molecule has 0 atom stereocenters. The summed E-state index contributed by atoms with van der Waals surface area (Å²) in [6.07, 6.45) is 0. The molecule has 0 aliphatic heterocycles. The molecule has 0 bridgehead atoms. The topological polar surface area (TPSA) is 73.5 Å². The van der Waals surface area contributed by atoms with Gasteiger partial charge in [0, 0.05) is 25.0 Å². The van der Waals surface area contributed by atoms with Crippen LogP contribution in [0.25, 0.3) is 0 Å². The maximum absolute atomic E-state index is 4.33. The lowest BCUT2D eigenvalue weighted by Crippen LogP contribution is -2.20. The molecule has 7 nitrogen and oxygen atoms in total. The molecule has 1 N–H and O–H groups in total. The number of hydrogen-bond donors (Lipinski definition) is 1. The van der Waals surface area contributed by atoms with Crippen LogP contribution >= 0.6 is 11.8 Å². The summed E-state index contributed by atoms with van der Waals surface area (Å²) in [6, 6.07) is 2.08. The van der Waals surface area contributed by atoms with Crippen molar-refractivity contribution in [2.45, 2.75) is 31.3 Å². The number of nitrogens with zero attached hydrogens (tertiary/aromatic N) is 6. The zero-order valence-corrected chi connectivity index (χ0v) is 12.3. The maximum Gasteiger partial charge on any atom is 0.209 e. The fraction of sp³-hybridized carbons (Fsp3) is 0.636. The molecule has 19 heavy (non-hydrogen) atoms. The fourth-order valence-electron chi connectivity index (χ4n) is 1.74. The molecule has 0 amide bonds. The predicted molar refractivity (Wildman–Crippen MR) is 73.9 cm³/mol. The summed E-state index contributed by atoms with van der Waals surface area (Å²) in [4.78, 5) is 0. The van der Waals surface area contributed by atoms with Crippen LogP contribution in [0.15, 0.2) is 11.2 Å². The van der Waals surface area contributed by atoms with Gasteiger partial charge in [0.15, 0.2) is 0 Å². The lowest BCUT2D eigenvalue weighted by Gasteiger charge is -2.04. The van der Waals surface area contributed by atoms with E-state index in [1.165, 1.54) is 5.69 Å². The number of rotatable bonds is 7. The summed E-state index contributed by atoms with van der Waals surface area (Å²) >= 11 is 1.63. The highest BCUT2D eigenvalue weighted by atomic mass is 32.2. The first kappa shape index (κ1) is 14.0. The number of tetrazole rings is 1. The van der Waals surface area contributed by atoms with Gasteiger partial charge < -0.3 is 5.32 Å². The molecule has 0 unspecified atom stereocenters. The van der Waals surface area contributed by atoms with Crippen molar-refractivity contribution < 1.29 is 0 Å². The normalized spacial score (nSPS) is 11.1. The van der Waals surface area contributed by atoms with Crippen molar-refractivity contribution in [2.24, 2.45) is 7.05 Å². The van der Waals surface area contributed by atoms with Gasteiger partial charge in [0.2, 0.25) is 5.16 Å². The van der Waals surface area contributed by atoms with E-state index in [0.717, 1.165) is 36.2 Å². The summed E-state index contributed by atoms with van der Waals surface area (Å²) < 4.78 is 3.73. The smallest absolute Gasteiger partial charge is 0.209 e. The second-order valence-corrected chi connectivity index (χ2v) is 5.17. The van der Waals surface area contributed by atoms with E-state index in [1.807, 2.05) is 23.3 Å². The molecule has 0 spiro atoms. The molecule has 8 heteroatoms. The Labute approximate surface area is 116 Å². The van der Waals surface area contributed by atoms with Crippen molar-refractivity contribution >= 4 is 11.8 Å². The third-order valence-electron chi connectivity index (χ3n) is 2.70. The highest BCUT2D eigenvalue weighted by molar-refractivity contribution is 7.98. The molecule has 0 saturated heterocycles. The Bertz CT molecular complexity index is 519. The third kappa shape index (κ3) is 3.77. The molecule has 0 radical (unpaired) electrons. The quantitative estimate of drug-likeness (QED) is 0.592. The Morgan fingerprint density at radius 3 is 2.95 bits per heavy atom. The minimum Gasteiger partial charge on any atom is -0.315 e. The summed E-state index contributed by atoms with van der Waals surface area (Å²) in [5.41, 5.74) is 2.20. The van der Waals surface area contributed by atoms with Crippen molar-refractivity contribution in [1.29, 1.82) is 0 Å². The lowest BCUT2D eigenvalue weighted by molar-refractivity contribution is 0.517. The van der Waals surface area contributed by atoms with E-state index in [9.17, 15) is 0 Å². The second kappa shape index (κ2) is 6.67. The van der Waals surface area contributed by atoms with Gasteiger partial charge in [-0.1, -0.05) is 18.7 Å². The molecule has 0 aliphatic rings. The van der Waals surface area contributed by atoms with Gasteiger partial charge in [-0.3, -0.25) is 4.68 Å². The van der Waals surface area contributed by atoms with Crippen LogP contribution in [0, 0.1) is 6.92 Å². The van der Waals surface area contributed by atoms with E-state index >= 15 is 0 Å². The average molecular weight is 281 g/mol. The zero-order valence-electron chi connectivity index (χ0n) is 11.5.